The van der Waals surface area contributed by atoms with Gasteiger partial charge in [0.15, 0.2) is 24.5 Å². The zero-order valence-corrected chi connectivity index (χ0v) is 30.7. The largest absolute Gasteiger partial charge is 0.463 e. The third-order valence-electron chi connectivity index (χ3n) is 8.24. The van der Waals surface area contributed by atoms with E-state index in [0.29, 0.717) is 12.1 Å². The molecular formula is C36H55N4O9+. The zero-order valence-electron chi connectivity index (χ0n) is 30.7. The molecule has 1 saturated heterocycles. The number of unbranched alkanes of at least 4 members (excludes halogenated alkanes) is 3. The van der Waals surface area contributed by atoms with Gasteiger partial charge in [-0.25, -0.2) is 4.68 Å². The molecule has 2 heterocycles. The lowest BCUT2D eigenvalue weighted by Crippen LogP contribution is -2.78. The second kappa shape index (κ2) is 17.2. The molecule has 0 spiro atoms. The second-order valence-electron chi connectivity index (χ2n) is 14.8. The summed E-state index contributed by atoms with van der Waals surface area (Å²) in [5, 5.41) is 10.9. The molecule has 3 unspecified atom stereocenters. The standard InChI is InChI=1S/C36H54N4O9/c1-22(41)45-21-30-31(46-23(2)42)32(47-24(3)43)33(48-25(4)44)34(49-30)40-20-28(38-39-40)15-13-11-12-14-16-37-29-18-26(35(5,6)7)17-27(19-29)36(8,9)10/h17-20,30-34,37H,11-16,21H2,1-10H3/p+1/t30?,31-,32?,33?,34-/m1/s1. The number of ether oxygens (including phenoxy) is 5. The van der Waals surface area contributed by atoms with E-state index in [-0.39, 0.29) is 17.4 Å². The average Bonchev–Trinajstić information content (AvgIpc) is 3.44. The first kappa shape index (κ1) is 39.6. The first-order valence-corrected chi connectivity index (χ1v) is 17.1. The maximum absolute atomic E-state index is 12.1. The number of nitrogens with zero attached hydrogens (tertiary/aromatic N) is 3. The summed E-state index contributed by atoms with van der Waals surface area (Å²) in [7, 11) is 0. The van der Waals surface area contributed by atoms with Gasteiger partial charge in [0.25, 0.3) is 0 Å². The van der Waals surface area contributed by atoms with Gasteiger partial charge in [-0.1, -0.05) is 59.2 Å². The molecule has 1 aromatic carbocycles. The summed E-state index contributed by atoms with van der Waals surface area (Å²) >= 11 is 0. The lowest BCUT2D eigenvalue weighted by Gasteiger charge is -2.44. The third-order valence-corrected chi connectivity index (χ3v) is 8.24. The fourth-order valence-electron chi connectivity index (χ4n) is 5.68. The van der Waals surface area contributed by atoms with Crippen molar-refractivity contribution in [2.45, 2.75) is 143 Å². The summed E-state index contributed by atoms with van der Waals surface area (Å²) in [4.78, 5) is 47.9. The molecule has 1 aliphatic rings. The van der Waals surface area contributed by atoms with Gasteiger partial charge in [-0.05, 0) is 47.6 Å². The van der Waals surface area contributed by atoms with Crippen molar-refractivity contribution in [2.75, 3.05) is 13.2 Å². The topological polar surface area (TPSA) is 162 Å². The first-order valence-electron chi connectivity index (χ1n) is 17.1. The van der Waals surface area contributed by atoms with E-state index >= 15 is 0 Å². The van der Waals surface area contributed by atoms with Crippen LogP contribution < -0.4 is 5.32 Å². The minimum absolute atomic E-state index is 0.0815. The van der Waals surface area contributed by atoms with Gasteiger partial charge in [-0.2, -0.15) is 0 Å². The van der Waals surface area contributed by atoms with Crippen molar-refractivity contribution in [1.82, 2.24) is 15.0 Å². The van der Waals surface area contributed by atoms with Crippen LogP contribution in [0.5, 0.6) is 0 Å². The number of benzene rings is 1. The number of carbonyl (C=O) groups is 4. The number of rotatable bonds is 14. The molecule has 0 bridgehead atoms. The van der Waals surface area contributed by atoms with Gasteiger partial charge in [-0.15, -0.1) is 5.10 Å². The van der Waals surface area contributed by atoms with Crippen LogP contribution in [0.1, 0.15) is 118 Å². The Bertz CT molecular complexity index is 1410. The van der Waals surface area contributed by atoms with Gasteiger partial charge in [-0.3, -0.25) is 19.2 Å². The van der Waals surface area contributed by atoms with Gasteiger partial charge < -0.3 is 29.0 Å². The average molecular weight is 688 g/mol. The van der Waals surface area contributed by atoms with Gasteiger partial charge in [0.1, 0.15) is 18.4 Å². The number of aromatic nitrogens is 3. The summed E-state index contributed by atoms with van der Waals surface area (Å²) in [6, 6.07) is 6.96. The number of nitrogens with two attached hydrogens (primary N) is 1. The molecule has 13 nitrogen and oxygen atoms in total. The van der Waals surface area contributed by atoms with Crippen LogP contribution in [0.25, 0.3) is 0 Å². The summed E-state index contributed by atoms with van der Waals surface area (Å²) < 4.78 is 29.2. The van der Waals surface area contributed by atoms with Crippen molar-refractivity contribution in [1.29, 1.82) is 0 Å². The number of hydrogen-bond donors (Lipinski definition) is 1. The maximum atomic E-state index is 12.1. The van der Waals surface area contributed by atoms with Crippen LogP contribution in [0.15, 0.2) is 24.4 Å². The monoisotopic (exact) mass is 687 g/mol. The van der Waals surface area contributed by atoms with E-state index < -0.39 is 54.5 Å². The molecule has 1 aromatic heterocycles. The highest BCUT2D eigenvalue weighted by Gasteiger charge is 2.53. The van der Waals surface area contributed by atoms with E-state index in [1.165, 1.54) is 49.2 Å². The normalized spacial score (nSPS) is 21.1. The molecule has 272 valence electrons. The summed E-state index contributed by atoms with van der Waals surface area (Å²) in [6.07, 6.45) is 0.462. The number of quaternary nitrogens is 1. The van der Waals surface area contributed by atoms with Crippen LogP contribution in [-0.4, -0.2) is 76.4 Å². The van der Waals surface area contributed by atoms with Crippen LogP contribution in [0.3, 0.4) is 0 Å². The lowest BCUT2D eigenvalue weighted by molar-refractivity contribution is -0.572. The van der Waals surface area contributed by atoms with Gasteiger partial charge in [0.2, 0.25) is 0 Å². The highest BCUT2D eigenvalue weighted by atomic mass is 16.7. The zero-order chi connectivity index (χ0) is 36.5. The van der Waals surface area contributed by atoms with Crippen molar-refractivity contribution in [3.63, 3.8) is 0 Å². The fraction of sp³-hybridized carbons (Fsp3) is 0.667. The minimum Gasteiger partial charge on any atom is -0.463 e. The Morgan fingerprint density at radius 3 is 1.86 bits per heavy atom. The SMILES string of the molecule is CC(=O)OCC1O[C@@H](n2cc(CCCCCC[NH2+]c3cc(C(C)(C)C)cc(C(C)(C)C)c3)nn2)C(OC(C)=O)C(OC(C)=O)[C@@H]1OC(C)=O. The number of hydrogen-bond acceptors (Lipinski definition) is 11. The van der Waals surface area contributed by atoms with Crippen LogP contribution >= 0.6 is 0 Å². The second-order valence-corrected chi connectivity index (χ2v) is 14.8. The predicted octanol–water partition coefficient (Wildman–Crippen LogP) is 4.13. The summed E-state index contributed by atoms with van der Waals surface area (Å²) in [6.45, 7) is 19.0. The molecule has 2 aromatic rings. The molecule has 3 rings (SSSR count). The molecule has 1 fully saturated rings. The number of esters is 4. The van der Waals surface area contributed by atoms with Crippen LogP contribution in [0.4, 0.5) is 5.69 Å². The van der Waals surface area contributed by atoms with E-state index in [2.05, 4.69) is 75.4 Å². The Balaban J connectivity index is 1.64. The molecule has 0 radical (unpaired) electrons. The maximum Gasteiger partial charge on any atom is 0.303 e. The molecule has 13 heteroatoms. The Morgan fingerprint density at radius 2 is 1.31 bits per heavy atom. The van der Waals surface area contributed by atoms with Crippen molar-refractivity contribution in [2.24, 2.45) is 0 Å². The first-order chi connectivity index (χ1) is 22.8. The molecule has 0 aliphatic carbocycles. The fourth-order valence-corrected chi connectivity index (χ4v) is 5.68. The van der Waals surface area contributed by atoms with Crippen molar-refractivity contribution in [3.8, 4) is 0 Å². The predicted molar refractivity (Wildman–Crippen MR) is 180 cm³/mol. The van der Waals surface area contributed by atoms with Crippen molar-refractivity contribution >= 4 is 29.6 Å². The molecule has 0 saturated carbocycles. The van der Waals surface area contributed by atoms with E-state index in [9.17, 15) is 19.2 Å². The lowest BCUT2D eigenvalue weighted by atomic mass is 9.80. The Labute approximate surface area is 289 Å². The summed E-state index contributed by atoms with van der Waals surface area (Å²) in [5.41, 5.74) is 4.84. The van der Waals surface area contributed by atoms with E-state index in [4.69, 9.17) is 23.7 Å². The molecule has 49 heavy (non-hydrogen) atoms. The highest BCUT2D eigenvalue weighted by molar-refractivity contribution is 5.68. The Kier molecular flexibility index (Phi) is 13.9. The number of aryl methyl sites for hydroxylation is 1. The van der Waals surface area contributed by atoms with E-state index in [0.717, 1.165) is 32.2 Å². The summed E-state index contributed by atoms with van der Waals surface area (Å²) in [5.74, 6) is -2.65. The molecule has 5 atom stereocenters. The van der Waals surface area contributed by atoms with Gasteiger partial charge in [0.05, 0.1) is 18.4 Å². The third kappa shape index (κ3) is 12.2. The molecule has 1 aliphatic heterocycles. The van der Waals surface area contributed by atoms with Crippen LogP contribution in [-0.2, 0) is 60.1 Å². The van der Waals surface area contributed by atoms with Gasteiger partial charge in [0, 0.05) is 39.8 Å². The quantitative estimate of drug-likeness (QED) is 0.132. The van der Waals surface area contributed by atoms with Crippen LogP contribution in [0.2, 0.25) is 0 Å². The van der Waals surface area contributed by atoms with E-state index in [1.807, 2.05) is 0 Å². The Morgan fingerprint density at radius 1 is 0.755 bits per heavy atom. The molecule has 2 N–H and O–H groups in total. The Hall–Kier alpha value is -3.84. The van der Waals surface area contributed by atoms with Crippen molar-refractivity contribution in [3.05, 3.63) is 41.2 Å². The van der Waals surface area contributed by atoms with Crippen LogP contribution in [0, 0.1) is 0 Å². The van der Waals surface area contributed by atoms with Crippen molar-refractivity contribution < 1.29 is 48.2 Å². The minimum atomic E-state index is -1.27. The number of carbonyl (C=O) groups excluding carboxylic acids is 4. The molecule has 0 amide bonds. The van der Waals surface area contributed by atoms with E-state index in [1.54, 1.807) is 6.20 Å². The molecular weight excluding hydrogens is 632 g/mol. The highest BCUT2D eigenvalue weighted by Crippen LogP contribution is 2.35. The van der Waals surface area contributed by atoms with Gasteiger partial charge >= 0.3 is 23.9 Å². The smallest absolute Gasteiger partial charge is 0.303 e.